The maximum absolute atomic E-state index is 13.0. The van der Waals surface area contributed by atoms with Crippen molar-refractivity contribution in [2.45, 2.75) is 26.7 Å². The Labute approximate surface area is 201 Å². The minimum absolute atomic E-state index is 0. The van der Waals surface area contributed by atoms with Crippen LogP contribution in [0.15, 0.2) is 48.0 Å². The summed E-state index contributed by atoms with van der Waals surface area (Å²) in [6.45, 7) is 6.00. The molecule has 1 saturated heterocycles. The molecule has 2 aromatic carbocycles. The number of rotatable bonds is 10. The SMILES string of the molecule is CCCOc1ccc(C=C2C(=O)NN(c3ccccc3)C2=O)c(OCCCN(C)C)c1C.Cl. The number of carbonyl (C=O) groups excluding carboxylic acids is 2. The van der Waals surface area contributed by atoms with Gasteiger partial charge >= 0.3 is 0 Å². The smallest absolute Gasteiger partial charge is 0.282 e. The zero-order valence-electron chi connectivity index (χ0n) is 19.6. The molecule has 8 heteroatoms. The fraction of sp³-hybridized carbons (Fsp3) is 0.360. The van der Waals surface area contributed by atoms with Crippen LogP contribution in [0.3, 0.4) is 0 Å². The third kappa shape index (κ3) is 6.49. The highest BCUT2D eigenvalue weighted by Crippen LogP contribution is 2.34. The van der Waals surface area contributed by atoms with Crippen molar-refractivity contribution in [3.05, 3.63) is 59.2 Å². The van der Waals surface area contributed by atoms with Crippen LogP contribution in [0.4, 0.5) is 5.69 Å². The monoisotopic (exact) mass is 473 g/mol. The Kier molecular flexibility index (Phi) is 9.75. The first-order valence-corrected chi connectivity index (χ1v) is 10.9. The lowest BCUT2D eigenvalue weighted by Crippen LogP contribution is -2.35. The number of amides is 2. The molecule has 1 aliphatic heterocycles. The molecule has 0 radical (unpaired) electrons. The van der Waals surface area contributed by atoms with E-state index in [1.165, 1.54) is 5.01 Å². The van der Waals surface area contributed by atoms with E-state index < -0.39 is 11.8 Å². The van der Waals surface area contributed by atoms with Gasteiger partial charge in [0.15, 0.2) is 0 Å². The molecule has 33 heavy (non-hydrogen) atoms. The highest BCUT2D eigenvalue weighted by molar-refractivity contribution is 6.31. The Morgan fingerprint density at radius 1 is 1.03 bits per heavy atom. The maximum atomic E-state index is 13.0. The van der Waals surface area contributed by atoms with Gasteiger partial charge in [0.1, 0.15) is 17.1 Å². The van der Waals surface area contributed by atoms with Crippen LogP contribution in [0.25, 0.3) is 6.08 Å². The molecule has 0 bridgehead atoms. The van der Waals surface area contributed by atoms with E-state index in [-0.39, 0.29) is 18.0 Å². The fourth-order valence-corrected chi connectivity index (χ4v) is 3.39. The molecule has 0 spiro atoms. The second-order valence-electron chi connectivity index (χ2n) is 7.94. The van der Waals surface area contributed by atoms with Crippen LogP contribution >= 0.6 is 12.4 Å². The Morgan fingerprint density at radius 3 is 2.42 bits per heavy atom. The predicted molar refractivity (Wildman–Crippen MR) is 133 cm³/mol. The highest BCUT2D eigenvalue weighted by atomic mass is 35.5. The minimum atomic E-state index is -0.443. The Balaban J connectivity index is 0.00000385. The number of para-hydroxylation sites is 1. The number of hydrazine groups is 1. The summed E-state index contributed by atoms with van der Waals surface area (Å²) in [5, 5.41) is 1.26. The summed E-state index contributed by atoms with van der Waals surface area (Å²) < 4.78 is 12.0. The first kappa shape index (κ1) is 26.2. The first-order chi connectivity index (χ1) is 15.4. The van der Waals surface area contributed by atoms with Crippen LogP contribution in [0.5, 0.6) is 11.5 Å². The maximum Gasteiger partial charge on any atom is 0.282 e. The van der Waals surface area contributed by atoms with E-state index in [4.69, 9.17) is 9.47 Å². The van der Waals surface area contributed by atoms with Crippen molar-refractivity contribution in [1.29, 1.82) is 0 Å². The molecule has 1 N–H and O–H groups in total. The van der Waals surface area contributed by atoms with Gasteiger partial charge in [-0.05, 0) is 64.2 Å². The second kappa shape index (κ2) is 12.3. The summed E-state index contributed by atoms with van der Waals surface area (Å²) in [4.78, 5) is 27.7. The number of nitrogens with zero attached hydrogens (tertiary/aromatic N) is 2. The van der Waals surface area contributed by atoms with Gasteiger partial charge in [-0.15, -0.1) is 12.4 Å². The van der Waals surface area contributed by atoms with Crippen molar-refractivity contribution in [2.75, 3.05) is 38.9 Å². The number of ether oxygens (including phenoxy) is 2. The van der Waals surface area contributed by atoms with Crippen LogP contribution in [-0.4, -0.2) is 50.6 Å². The van der Waals surface area contributed by atoms with Crippen molar-refractivity contribution in [3.8, 4) is 11.5 Å². The van der Waals surface area contributed by atoms with Gasteiger partial charge < -0.3 is 14.4 Å². The molecule has 0 atom stereocenters. The summed E-state index contributed by atoms with van der Waals surface area (Å²) in [5.74, 6) is 0.526. The number of anilines is 1. The molecule has 0 saturated carbocycles. The van der Waals surface area contributed by atoms with Crippen LogP contribution in [0.1, 0.15) is 30.9 Å². The average molecular weight is 474 g/mol. The molecule has 7 nitrogen and oxygen atoms in total. The largest absolute Gasteiger partial charge is 0.493 e. The van der Waals surface area contributed by atoms with Crippen molar-refractivity contribution in [1.82, 2.24) is 10.3 Å². The van der Waals surface area contributed by atoms with E-state index in [2.05, 4.69) is 17.2 Å². The van der Waals surface area contributed by atoms with Gasteiger partial charge in [-0.2, -0.15) is 0 Å². The van der Waals surface area contributed by atoms with Crippen molar-refractivity contribution < 1.29 is 19.1 Å². The number of hydrogen-bond donors (Lipinski definition) is 1. The Bertz CT molecular complexity index is 993. The van der Waals surface area contributed by atoms with E-state index in [9.17, 15) is 9.59 Å². The molecule has 0 unspecified atom stereocenters. The standard InChI is InChI=1S/C25H31N3O4.ClH/c1-5-15-31-22-13-12-19(23(18(22)2)32-16-9-14-27(3)4)17-21-24(29)26-28(25(21)30)20-10-7-6-8-11-20;/h6-8,10-13,17H,5,9,14-16H2,1-4H3,(H,26,29);1H. The van der Waals surface area contributed by atoms with Crippen LogP contribution in [-0.2, 0) is 9.59 Å². The van der Waals surface area contributed by atoms with Gasteiger partial charge in [-0.1, -0.05) is 25.1 Å². The molecule has 0 aromatic heterocycles. The van der Waals surface area contributed by atoms with Gasteiger partial charge in [-0.25, -0.2) is 5.01 Å². The molecule has 2 aromatic rings. The number of nitrogens with one attached hydrogen (secondary N) is 1. The van der Waals surface area contributed by atoms with E-state index in [1.54, 1.807) is 18.2 Å². The average Bonchev–Trinajstić information content (AvgIpc) is 3.06. The summed E-state index contributed by atoms with van der Waals surface area (Å²) in [6, 6.07) is 12.7. The molecule has 1 fully saturated rings. The summed E-state index contributed by atoms with van der Waals surface area (Å²) >= 11 is 0. The second-order valence-corrected chi connectivity index (χ2v) is 7.94. The molecule has 2 amide bonds. The fourth-order valence-electron chi connectivity index (χ4n) is 3.39. The summed E-state index contributed by atoms with van der Waals surface area (Å²) in [6.07, 6.45) is 3.34. The number of benzene rings is 2. The number of hydrogen-bond acceptors (Lipinski definition) is 5. The third-order valence-corrected chi connectivity index (χ3v) is 5.05. The van der Waals surface area contributed by atoms with E-state index in [0.717, 1.165) is 30.7 Å². The molecular formula is C25H32ClN3O4. The normalized spacial score (nSPS) is 14.5. The predicted octanol–water partition coefficient (Wildman–Crippen LogP) is 4.00. The van der Waals surface area contributed by atoms with Crippen molar-refractivity contribution in [3.63, 3.8) is 0 Å². The van der Waals surface area contributed by atoms with Gasteiger partial charge in [0.2, 0.25) is 0 Å². The quantitative estimate of drug-likeness (QED) is 0.321. The lowest BCUT2D eigenvalue weighted by Gasteiger charge is -2.17. The van der Waals surface area contributed by atoms with E-state index >= 15 is 0 Å². The van der Waals surface area contributed by atoms with Crippen molar-refractivity contribution >= 4 is 36.0 Å². The molecule has 178 valence electrons. The lowest BCUT2D eigenvalue weighted by atomic mass is 10.0. The molecular weight excluding hydrogens is 442 g/mol. The lowest BCUT2D eigenvalue weighted by molar-refractivity contribution is -0.117. The van der Waals surface area contributed by atoms with Crippen LogP contribution in [0.2, 0.25) is 0 Å². The molecule has 3 rings (SSSR count). The van der Waals surface area contributed by atoms with Crippen LogP contribution < -0.4 is 19.9 Å². The van der Waals surface area contributed by atoms with E-state index in [0.29, 0.717) is 30.2 Å². The van der Waals surface area contributed by atoms with E-state index in [1.807, 2.05) is 51.4 Å². The van der Waals surface area contributed by atoms with Crippen LogP contribution in [0, 0.1) is 6.92 Å². The van der Waals surface area contributed by atoms with Gasteiger partial charge in [0.25, 0.3) is 11.8 Å². The van der Waals surface area contributed by atoms with Gasteiger partial charge in [0, 0.05) is 17.7 Å². The zero-order valence-corrected chi connectivity index (χ0v) is 20.4. The Morgan fingerprint density at radius 2 is 1.76 bits per heavy atom. The first-order valence-electron chi connectivity index (χ1n) is 10.9. The van der Waals surface area contributed by atoms with Gasteiger partial charge in [-0.3, -0.25) is 15.0 Å². The zero-order chi connectivity index (χ0) is 23.1. The number of carbonyl (C=O) groups is 2. The summed E-state index contributed by atoms with van der Waals surface area (Å²) in [7, 11) is 4.03. The summed E-state index contributed by atoms with van der Waals surface area (Å²) in [5.41, 5.74) is 4.82. The molecule has 0 aliphatic carbocycles. The third-order valence-electron chi connectivity index (χ3n) is 5.05. The highest BCUT2D eigenvalue weighted by Gasteiger charge is 2.34. The molecule has 1 aliphatic rings. The minimum Gasteiger partial charge on any atom is -0.493 e. The number of halogens is 1. The van der Waals surface area contributed by atoms with Crippen molar-refractivity contribution in [2.24, 2.45) is 0 Å². The Hall–Kier alpha value is -3.03. The molecule has 1 heterocycles. The van der Waals surface area contributed by atoms with Gasteiger partial charge in [0.05, 0.1) is 18.9 Å². The topological polar surface area (TPSA) is 71.1 Å².